The van der Waals surface area contributed by atoms with Crippen LogP contribution in [0.5, 0.6) is 5.75 Å². The Kier molecular flexibility index (Phi) is 10.2. The third kappa shape index (κ3) is 6.71. The van der Waals surface area contributed by atoms with Gasteiger partial charge in [-0.15, -0.1) is 0 Å². The monoisotopic (exact) mass is 373 g/mol. The highest BCUT2D eigenvalue weighted by molar-refractivity contribution is 6.00. The highest BCUT2D eigenvalue weighted by atomic mass is 16.6. The van der Waals surface area contributed by atoms with E-state index in [1.807, 2.05) is 6.07 Å². The molecular formula is C22H31NO4. The molecule has 1 aromatic rings. The Balaban J connectivity index is 2.62. The number of carbonyl (C=O) groups is 2. The second-order valence-electron chi connectivity index (χ2n) is 6.72. The summed E-state index contributed by atoms with van der Waals surface area (Å²) in [6.45, 7) is 6.08. The van der Waals surface area contributed by atoms with Gasteiger partial charge in [0.25, 0.3) is 0 Å². The summed E-state index contributed by atoms with van der Waals surface area (Å²) < 4.78 is 10.8. The van der Waals surface area contributed by atoms with E-state index in [9.17, 15) is 9.59 Å². The minimum absolute atomic E-state index is 0.313. The van der Waals surface area contributed by atoms with E-state index < -0.39 is 17.4 Å². The summed E-state index contributed by atoms with van der Waals surface area (Å²) in [7, 11) is 0. The lowest BCUT2D eigenvalue weighted by Gasteiger charge is -2.26. The van der Waals surface area contributed by atoms with Crippen LogP contribution in [0.3, 0.4) is 0 Å². The van der Waals surface area contributed by atoms with Crippen molar-refractivity contribution in [2.45, 2.75) is 72.1 Å². The minimum atomic E-state index is -1.30. The third-order valence-corrected chi connectivity index (χ3v) is 4.91. The van der Waals surface area contributed by atoms with Gasteiger partial charge in [-0.3, -0.25) is 9.59 Å². The van der Waals surface area contributed by atoms with Crippen LogP contribution < -0.4 is 4.74 Å². The van der Waals surface area contributed by atoms with Crippen LogP contribution in [0.25, 0.3) is 0 Å². The molecule has 0 aliphatic rings. The van der Waals surface area contributed by atoms with Crippen LogP contribution in [0, 0.1) is 16.7 Å². The topological polar surface area (TPSA) is 76.4 Å². The van der Waals surface area contributed by atoms with Crippen LogP contribution >= 0.6 is 0 Å². The largest absolute Gasteiger partial charge is 0.465 e. The maximum Gasteiger partial charge on any atom is 0.328 e. The predicted molar refractivity (Wildman–Crippen MR) is 104 cm³/mol. The molecule has 0 bridgehead atoms. The molecule has 0 heterocycles. The first-order chi connectivity index (χ1) is 13.0. The summed E-state index contributed by atoms with van der Waals surface area (Å²) >= 11 is 0. The zero-order chi connectivity index (χ0) is 20.1. The molecule has 0 atom stereocenters. The number of nitrogens with zero attached hydrogens (tertiary/aromatic N) is 1. The molecule has 1 rings (SSSR count). The standard InChI is InChI=1S/C22H31NO4/c1-4-7-8-9-10-11-16-26-20(24)22(5-2,6-3)21(25)27-19-14-12-18(17-23)13-15-19/h12-15H,4-11,16H2,1-3H3. The van der Waals surface area contributed by atoms with Crippen LogP contribution in [0.15, 0.2) is 24.3 Å². The van der Waals surface area contributed by atoms with Crippen molar-refractivity contribution in [3.8, 4) is 11.8 Å². The van der Waals surface area contributed by atoms with Gasteiger partial charge in [-0.05, 0) is 43.5 Å². The highest BCUT2D eigenvalue weighted by Crippen LogP contribution is 2.31. The molecule has 0 N–H and O–H groups in total. The van der Waals surface area contributed by atoms with Gasteiger partial charge in [0.2, 0.25) is 0 Å². The number of benzene rings is 1. The lowest BCUT2D eigenvalue weighted by Crippen LogP contribution is -2.42. The van der Waals surface area contributed by atoms with Crippen LogP contribution in [0.4, 0.5) is 0 Å². The molecular weight excluding hydrogens is 342 g/mol. The van der Waals surface area contributed by atoms with Crippen molar-refractivity contribution in [2.24, 2.45) is 5.41 Å². The molecule has 0 radical (unpaired) electrons. The zero-order valence-electron chi connectivity index (χ0n) is 16.8. The molecule has 0 spiro atoms. The van der Waals surface area contributed by atoms with E-state index in [2.05, 4.69) is 6.92 Å². The molecule has 5 heteroatoms. The fourth-order valence-electron chi connectivity index (χ4n) is 2.90. The molecule has 0 fully saturated rings. The molecule has 0 unspecified atom stereocenters. The van der Waals surface area contributed by atoms with Gasteiger partial charge in [0.1, 0.15) is 5.75 Å². The smallest absolute Gasteiger partial charge is 0.328 e. The zero-order valence-corrected chi connectivity index (χ0v) is 16.8. The van der Waals surface area contributed by atoms with Gasteiger partial charge in [0.05, 0.1) is 18.2 Å². The molecule has 0 aliphatic heterocycles. The van der Waals surface area contributed by atoms with Gasteiger partial charge in [-0.25, -0.2) is 0 Å². The second-order valence-corrected chi connectivity index (χ2v) is 6.72. The summed E-state index contributed by atoms with van der Waals surface area (Å²) in [4.78, 5) is 25.3. The van der Waals surface area contributed by atoms with Crippen LogP contribution in [-0.2, 0) is 14.3 Å². The first-order valence-corrected chi connectivity index (χ1v) is 9.93. The number of esters is 2. The average molecular weight is 373 g/mol. The summed E-state index contributed by atoms with van der Waals surface area (Å²) in [5.41, 5.74) is -0.818. The molecule has 1 aromatic carbocycles. The number of nitriles is 1. The van der Waals surface area contributed by atoms with Crippen molar-refractivity contribution in [3.63, 3.8) is 0 Å². The normalized spacial score (nSPS) is 10.9. The van der Waals surface area contributed by atoms with E-state index in [0.29, 0.717) is 30.8 Å². The fraction of sp³-hybridized carbons (Fsp3) is 0.591. The van der Waals surface area contributed by atoms with E-state index >= 15 is 0 Å². The Hall–Kier alpha value is -2.35. The number of ether oxygens (including phenoxy) is 2. The Bertz CT molecular complexity index is 627. The molecule has 0 amide bonds. The third-order valence-electron chi connectivity index (χ3n) is 4.91. The van der Waals surface area contributed by atoms with E-state index in [1.165, 1.54) is 19.3 Å². The van der Waals surface area contributed by atoms with Crippen molar-refractivity contribution in [1.29, 1.82) is 5.26 Å². The number of carbonyl (C=O) groups excluding carboxylic acids is 2. The SMILES string of the molecule is CCCCCCCCOC(=O)C(CC)(CC)C(=O)Oc1ccc(C#N)cc1. The highest BCUT2D eigenvalue weighted by Gasteiger charge is 2.46. The van der Waals surface area contributed by atoms with Crippen LogP contribution in [-0.4, -0.2) is 18.5 Å². The summed E-state index contributed by atoms with van der Waals surface area (Å²) in [6, 6.07) is 8.24. The van der Waals surface area contributed by atoms with E-state index in [0.717, 1.165) is 19.3 Å². The van der Waals surface area contributed by atoms with Gasteiger partial charge in [0.15, 0.2) is 5.41 Å². The van der Waals surface area contributed by atoms with Crippen LogP contribution in [0.2, 0.25) is 0 Å². The Morgan fingerprint density at radius 2 is 1.52 bits per heavy atom. The van der Waals surface area contributed by atoms with Gasteiger partial charge in [-0.2, -0.15) is 5.26 Å². The number of unbranched alkanes of at least 4 members (excludes halogenated alkanes) is 5. The first-order valence-electron chi connectivity index (χ1n) is 9.93. The van der Waals surface area contributed by atoms with Crippen molar-refractivity contribution >= 4 is 11.9 Å². The maximum atomic E-state index is 12.7. The molecule has 148 valence electrons. The quantitative estimate of drug-likeness (QED) is 0.218. The lowest BCUT2D eigenvalue weighted by atomic mass is 9.82. The second kappa shape index (κ2) is 12.1. The molecule has 0 saturated heterocycles. The first kappa shape index (κ1) is 22.7. The van der Waals surface area contributed by atoms with Gasteiger partial charge >= 0.3 is 11.9 Å². The summed E-state index contributed by atoms with van der Waals surface area (Å²) in [6.07, 6.45) is 7.23. The predicted octanol–water partition coefficient (Wildman–Crippen LogP) is 5.17. The lowest BCUT2D eigenvalue weighted by molar-refractivity contribution is -0.168. The molecule has 0 aromatic heterocycles. The van der Waals surface area contributed by atoms with Crippen molar-refractivity contribution in [1.82, 2.24) is 0 Å². The number of rotatable bonds is 12. The maximum absolute atomic E-state index is 12.7. The van der Waals surface area contributed by atoms with Crippen molar-refractivity contribution in [2.75, 3.05) is 6.61 Å². The van der Waals surface area contributed by atoms with E-state index in [1.54, 1.807) is 38.1 Å². The molecule has 27 heavy (non-hydrogen) atoms. The van der Waals surface area contributed by atoms with Crippen molar-refractivity contribution in [3.05, 3.63) is 29.8 Å². The average Bonchev–Trinajstić information content (AvgIpc) is 2.69. The van der Waals surface area contributed by atoms with Gasteiger partial charge < -0.3 is 9.47 Å². The number of hydrogen-bond donors (Lipinski definition) is 0. The van der Waals surface area contributed by atoms with Crippen molar-refractivity contribution < 1.29 is 19.1 Å². The molecule has 0 aliphatic carbocycles. The number of hydrogen-bond acceptors (Lipinski definition) is 5. The van der Waals surface area contributed by atoms with E-state index in [4.69, 9.17) is 14.7 Å². The summed E-state index contributed by atoms with van der Waals surface area (Å²) in [5.74, 6) is -0.807. The van der Waals surface area contributed by atoms with Gasteiger partial charge in [-0.1, -0.05) is 52.9 Å². The Labute approximate surface area is 162 Å². The van der Waals surface area contributed by atoms with Gasteiger partial charge in [0, 0.05) is 0 Å². The Morgan fingerprint density at radius 3 is 2.07 bits per heavy atom. The summed E-state index contributed by atoms with van der Waals surface area (Å²) in [5, 5.41) is 8.83. The molecule has 5 nitrogen and oxygen atoms in total. The molecule has 0 saturated carbocycles. The fourth-order valence-corrected chi connectivity index (χ4v) is 2.90. The van der Waals surface area contributed by atoms with E-state index in [-0.39, 0.29) is 0 Å². The van der Waals surface area contributed by atoms with Crippen LogP contribution in [0.1, 0.15) is 77.7 Å². The minimum Gasteiger partial charge on any atom is -0.465 e. The Morgan fingerprint density at radius 1 is 0.926 bits per heavy atom.